The summed E-state index contributed by atoms with van der Waals surface area (Å²) in [6, 6.07) is 9.10. The topological polar surface area (TPSA) is 114 Å². The van der Waals surface area contributed by atoms with Crippen molar-refractivity contribution in [1.82, 2.24) is 14.9 Å². The van der Waals surface area contributed by atoms with Crippen LogP contribution < -0.4 is 25.4 Å². The SMILES string of the molecule is COc1cc(OC)c(NC(=O)CSc2nnc(COc3cc(C)cc(C)c3)n2N)cc1Cl. The zero-order chi connectivity index (χ0) is 23.3. The lowest BCUT2D eigenvalue weighted by atomic mass is 10.1. The minimum absolute atomic E-state index is 0.0556. The van der Waals surface area contributed by atoms with Crippen LogP contribution in [0.4, 0.5) is 5.69 Å². The van der Waals surface area contributed by atoms with Crippen LogP contribution in [-0.4, -0.2) is 40.8 Å². The second kappa shape index (κ2) is 10.5. The third kappa shape index (κ3) is 5.77. The van der Waals surface area contributed by atoms with Crippen LogP contribution in [0.15, 0.2) is 35.5 Å². The summed E-state index contributed by atoms with van der Waals surface area (Å²) in [5, 5.41) is 11.6. The Bertz CT molecular complexity index is 1100. The van der Waals surface area contributed by atoms with Crippen molar-refractivity contribution < 1.29 is 19.0 Å². The molecule has 2 aromatic carbocycles. The maximum absolute atomic E-state index is 12.4. The van der Waals surface area contributed by atoms with Crippen LogP contribution in [0.1, 0.15) is 17.0 Å². The highest BCUT2D eigenvalue weighted by Crippen LogP contribution is 2.36. The average molecular weight is 478 g/mol. The fraction of sp³-hybridized carbons (Fsp3) is 0.286. The van der Waals surface area contributed by atoms with Gasteiger partial charge in [-0.25, -0.2) is 4.68 Å². The summed E-state index contributed by atoms with van der Waals surface area (Å²) in [6.45, 7) is 4.15. The highest BCUT2D eigenvalue weighted by atomic mass is 35.5. The van der Waals surface area contributed by atoms with E-state index in [1.165, 1.54) is 18.9 Å². The van der Waals surface area contributed by atoms with E-state index in [1.807, 2.05) is 26.0 Å². The summed E-state index contributed by atoms with van der Waals surface area (Å²) >= 11 is 7.29. The molecule has 1 heterocycles. The average Bonchev–Trinajstić information content (AvgIpc) is 3.09. The molecule has 0 saturated heterocycles. The first-order valence-electron chi connectivity index (χ1n) is 9.55. The van der Waals surface area contributed by atoms with E-state index in [2.05, 4.69) is 21.6 Å². The molecular formula is C21H24ClN5O4S. The monoisotopic (exact) mass is 477 g/mol. The summed E-state index contributed by atoms with van der Waals surface area (Å²) in [4.78, 5) is 12.4. The van der Waals surface area contributed by atoms with E-state index in [4.69, 9.17) is 31.7 Å². The van der Waals surface area contributed by atoms with Crippen molar-refractivity contribution in [3.63, 3.8) is 0 Å². The minimum Gasteiger partial charge on any atom is -0.495 e. The number of ether oxygens (including phenoxy) is 3. The van der Waals surface area contributed by atoms with Crippen molar-refractivity contribution in [2.24, 2.45) is 0 Å². The van der Waals surface area contributed by atoms with Gasteiger partial charge < -0.3 is 25.4 Å². The van der Waals surface area contributed by atoms with E-state index in [9.17, 15) is 4.79 Å². The third-order valence-electron chi connectivity index (χ3n) is 4.38. The van der Waals surface area contributed by atoms with Gasteiger partial charge in [-0.3, -0.25) is 4.79 Å². The summed E-state index contributed by atoms with van der Waals surface area (Å²) in [5.41, 5.74) is 2.64. The lowest BCUT2D eigenvalue weighted by molar-refractivity contribution is -0.113. The normalized spacial score (nSPS) is 10.7. The van der Waals surface area contributed by atoms with Gasteiger partial charge in [0.15, 0.2) is 5.82 Å². The Morgan fingerprint density at radius 2 is 1.78 bits per heavy atom. The van der Waals surface area contributed by atoms with Crippen LogP contribution in [-0.2, 0) is 11.4 Å². The number of halogens is 1. The fourth-order valence-corrected chi connectivity index (χ4v) is 3.86. The molecule has 1 amide bonds. The number of carbonyl (C=O) groups is 1. The smallest absolute Gasteiger partial charge is 0.234 e. The number of carbonyl (C=O) groups excluding carboxylic acids is 1. The zero-order valence-electron chi connectivity index (χ0n) is 18.1. The number of hydrogen-bond donors (Lipinski definition) is 2. The van der Waals surface area contributed by atoms with Gasteiger partial charge in [-0.15, -0.1) is 10.2 Å². The van der Waals surface area contributed by atoms with Crippen LogP contribution >= 0.6 is 23.4 Å². The molecule has 0 bridgehead atoms. The molecule has 0 aliphatic carbocycles. The Morgan fingerprint density at radius 1 is 1.09 bits per heavy atom. The van der Waals surface area contributed by atoms with Crippen molar-refractivity contribution in [1.29, 1.82) is 0 Å². The number of nitrogen functional groups attached to an aromatic ring is 1. The molecule has 170 valence electrons. The first-order valence-corrected chi connectivity index (χ1v) is 10.9. The molecule has 32 heavy (non-hydrogen) atoms. The van der Waals surface area contributed by atoms with Gasteiger partial charge in [-0.05, 0) is 43.2 Å². The molecule has 9 nitrogen and oxygen atoms in total. The van der Waals surface area contributed by atoms with E-state index in [-0.39, 0.29) is 18.3 Å². The first kappa shape index (κ1) is 23.6. The molecule has 0 radical (unpaired) electrons. The summed E-state index contributed by atoms with van der Waals surface area (Å²) in [7, 11) is 2.99. The molecule has 0 saturated carbocycles. The highest BCUT2D eigenvalue weighted by Gasteiger charge is 2.16. The summed E-state index contributed by atoms with van der Waals surface area (Å²) < 4.78 is 17.5. The van der Waals surface area contributed by atoms with Crippen molar-refractivity contribution in [2.45, 2.75) is 25.6 Å². The molecule has 0 spiro atoms. The zero-order valence-corrected chi connectivity index (χ0v) is 19.7. The number of aromatic nitrogens is 3. The molecule has 3 N–H and O–H groups in total. The predicted octanol–water partition coefficient (Wildman–Crippen LogP) is 3.59. The number of anilines is 1. The summed E-state index contributed by atoms with van der Waals surface area (Å²) in [6.07, 6.45) is 0. The van der Waals surface area contributed by atoms with E-state index in [0.29, 0.717) is 33.2 Å². The van der Waals surface area contributed by atoms with E-state index < -0.39 is 0 Å². The number of rotatable bonds is 9. The van der Waals surface area contributed by atoms with Gasteiger partial charge in [0.05, 0.1) is 30.7 Å². The maximum atomic E-state index is 12.4. The van der Waals surface area contributed by atoms with Crippen molar-refractivity contribution >= 4 is 35.0 Å². The second-order valence-electron chi connectivity index (χ2n) is 6.90. The molecule has 3 aromatic rings. The van der Waals surface area contributed by atoms with Gasteiger partial charge in [-0.1, -0.05) is 29.4 Å². The Morgan fingerprint density at radius 3 is 2.44 bits per heavy atom. The third-order valence-corrected chi connectivity index (χ3v) is 5.62. The largest absolute Gasteiger partial charge is 0.495 e. The number of hydrogen-bond acceptors (Lipinski definition) is 8. The lowest BCUT2D eigenvalue weighted by Crippen LogP contribution is -2.18. The van der Waals surface area contributed by atoms with E-state index in [0.717, 1.165) is 28.6 Å². The van der Waals surface area contributed by atoms with Gasteiger partial charge in [0.1, 0.15) is 23.9 Å². The first-order chi connectivity index (χ1) is 15.3. The van der Waals surface area contributed by atoms with E-state index in [1.54, 1.807) is 12.1 Å². The molecule has 0 aliphatic rings. The Kier molecular flexibility index (Phi) is 7.70. The van der Waals surface area contributed by atoms with Crippen molar-refractivity contribution in [3.8, 4) is 17.2 Å². The number of nitrogens with zero attached hydrogens (tertiary/aromatic N) is 3. The van der Waals surface area contributed by atoms with Crippen molar-refractivity contribution in [3.05, 3.63) is 52.3 Å². The van der Waals surface area contributed by atoms with Gasteiger partial charge in [0, 0.05) is 6.07 Å². The van der Waals surface area contributed by atoms with Crippen molar-refractivity contribution in [2.75, 3.05) is 31.1 Å². The van der Waals surface area contributed by atoms with Crippen LogP contribution in [0.5, 0.6) is 17.2 Å². The fourth-order valence-electron chi connectivity index (χ4n) is 2.94. The predicted molar refractivity (Wildman–Crippen MR) is 124 cm³/mol. The molecule has 11 heteroatoms. The molecule has 0 unspecified atom stereocenters. The number of thioether (sulfide) groups is 1. The van der Waals surface area contributed by atoms with Crippen LogP contribution in [0.25, 0.3) is 0 Å². The van der Waals surface area contributed by atoms with Crippen LogP contribution in [0.3, 0.4) is 0 Å². The lowest BCUT2D eigenvalue weighted by Gasteiger charge is -2.13. The number of nitrogens with one attached hydrogen (secondary N) is 1. The molecule has 0 fully saturated rings. The number of amides is 1. The second-order valence-corrected chi connectivity index (χ2v) is 8.25. The number of aryl methyl sites for hydroxylation is 2. The number of benzene rings is 2. The van der Waals surface area contributed by atoms with E-state index >= 15 is 0 Å². The van der Waals surface area contributed by atoms with Gasteiger partial charge >= 0.3 is 0 Å². The van der Waals surface area contributed by atoms with Crippen LogP contribution in [0.2, 0.25) is 5.02 Å². The Hall–Kier alpha value is -3.11. The highest BCUT2D eigenvalue weighted by molar-refractivity contribution is 7.99. The van der Waals surface area contributed by atoms with Gasteiger partial charge in [0.2, 0.25) is 11.1 Å². The van der Waals surface area contributed by atoms with Crippen LogP contribution in [0, 0.1) is 13.8 Å². The molecule has 0 aliphatic heterocycles. The Labute approximate surface area is 195 Å². The molecule has 1 aromatic heterocycles. The number of nitrogens with two attached hydrogens (primary N) is 1. The maximum Gasteiger partial charge on any atom is 0.234 e. The molecule has 0 atom stereocenters. The molecule has 3 rings (SSSR count). The standard InChI is InChI=1S/C21H24ClN5O4S/c1-12-5-13(2)7-14(6-12)31-10-19-25-26-21(27(19)23)32-11-20(28)24-16-8-15(22)17(29-3)9-18(16)30-4/h5-9H,10-11,23H2,1-4H3,(H,24,28). The van der Waals surface area contributed by atoms with Gasteiger partial charge in [0.25, 0.3) is 0 Å². The summed E-state index contributed by atoms with van der Waals surface area (Å²) in [5.74, 6) is 7.88. The van der Waals surface area contributed by atoms with Gasteiger partial charge in [-0.2, -0.15) is 0 Å². The Balaban J connectivity index is 1.59. The quantitative estimate of drug-likeness (QED) is 0.355. The minimum atomic E-state index is -0.287. The number of methoxy groups -OCH3 is 2. The molecular weight excluding hydrogens is 454 g/mol.